The van der Waals surface area contributed by atoms with E-state index in [1.807, 2.05) is 30.3 Å². The van der Waals surface area contributed by atoms with Gasteiger partial charge in [0.25, 0.3) is 5.56 Å². The van der Waals surface area contributed by atoms with Gasteiger partial charge in [-0.05, 0) is 59.5 Å². The van der Waals surface area contributed by atoms with E-state index in [0.29, 0.717) is 30.9 Å². The van der Waals surface area contributed by atoms with Gasteiger partial charge in [0.1, 0.15) is 29.7 Å². The Kier molecular flexibility index (Phi) is 8.47. The summed E-state index contributed by atoms with van der Waals surface area (Å²) in [4.78, 5) is 12.4. The summed E-state index contributed by atoms with van der Waals surface area (Å²) in [6.07, 6.45) is 2.15. The smallest absolute Gasteiger partial charge is 0.254 e. The quantitative estimate of drug-likeness (QED) is 0.271. The van der Waals surface area contributed by atoms with E-state index in [9.17, 15) is 13.6 Å². The fourth-order valence-electron chi connectivity index (χ4n) is 3.62. The Balaban J connectivity index is 1.26. The number of ether oxygens (including phenoxy) is 3. The van der Waals surface area contributed by atoms with Crippen LogP contribution in [-0.2, 0) is 37.5 Å². The summed E-state index contributed by atoms with van der Waals surface area (Å²) in [6, 6.07) is 21.7. The molecule has 0 atom stereocenters. The molecule has 0 spiro atoms. The number of nitrogens with zero attached hydrogens (tertiary/aromatic N) is 1. The minimum atomic E-state index is -0.334. The first-order valence-corrected chi connectivity index (χ1v) is 11.6. The summed E-state index contributed by atoms with van der Waals surface area (Å²) in [7, 11) is 1.61. The molecule has 0 saturated heterocycles. The third-order valence-corrected chi connectivity index (χ3v) is 5.73. The maximum atomic E-state index is 14.6. The molecule has 3 aromatic carbocycles. The zero-order valence-corrected chi connectivity index (χ0v) is 20.0. The lowest BCUT2D eigenvalue weighted by atomic mass is 10.1. The van der Waals surface area contributed by atoms with Gasteiger partial charge < -0.3 is 18.8 Å². The molecule has 0 saturated carbocycles. The standard InChI is InChI=1S/C29H27F2NO4/c1-34-26-10-5-22(6-11-26)18-35-20-24-7-2-21(16-28(24)31)12-14-32-15-13-27(17-29(32)33)36-19-23-3-8-25(30)9-4-23/h2-11,13,15-17H,12,14,18-20H2,1H3. The molecule has 0 N–H and O–H groups in total. The number of aromatic nitrogens is 1. The minimum Gasteiger partial charge on any atom is -0.497 e. The highest BCUT2D eigenvalue weighted by Crippen LogP contribution is 2.16. The average molecular weight is 492 g/mol. The third kappa shape index (κ3) is 7.02. The van der Waals surface area contributed by atoms with Gasteiger partial charge in [-0.25, -0.2) is 8.78 Å². The Morgan fingerprint density at radius 2 is 1.44 bits per heavy atom. The lowest BCUT2D eigenvalue weighted by Crippen LogP contribution is -2.19. The van der Waals surface area contributed by atoms with Crippen molar-refractivity contribution in [1.29, 1.82) is 0 Å². The molecule has 5 nitrogen and oxygen atoms in total. The molecule has 186 valence electrons. The second-order valence-electron chi connectivity index (χ2n) is 8.33. The van der Waals surface area contributed by atoms with Crippen molar-refractivity contribution in [2.75, 3.05) is 7.11 Å². The van der Waals surface area contributed by atoms with Crippen molar-refractivity contribution in [2.24, 2.45) is 0 Å². The normalized spacial score (nSPS) is 10.9. The lowest BCUT2D eigenvalue weighted by molar-refractivity contribution is 0.105. The molecule has 0 aliphatic carbocycles. The molecular formula is C29H27F2NO4. The van der Waals surface area contributed by atoms with E-state index in [0.717, 1.165) is 22.4 Å². The molecule has 0 aliphatic heterocycles. The van der Waals surface area contributed by atoms with Gasteiger partial charge in [0.15, 0.2) is 0 Å². The number of hydrogen-bond donors (Lipinski definition) is 0. The Hall–Kier alpha value is -3.97. The summed E-state index contributed by atoms with van der Waals surface area (Å²) < 4.78 is 45.5. The highest BCUT2D eigenvalue weighted by Gasteiger charge is 2.07. The zero-order chi connectivity index (χ0) is 25.3. The number of methoxy groups -OCH3 is 1. The minimum absolute atomic E-state index is 0.164. The molecule has 4 rings (SSSR count). The van der Waals surface area contributed by atoms with Crippen LogP contribution in [0.5, 0.6) is 11.5 Å². The van der Waals surface area contributed by atoms with Gasteiger partial charge in [0, 0.05) is 24.4 Å². The highest BCUT2D eigenvalue weighted by molar-refractivity contribution is 5.27. The topological polar surface area (TPSA) is 49.7 Å². The maximum Gasteiger partial charge on any atom is 0.254 e. The van der Waals surface area contributed by atoms with Crippen LogP contribution in [0.2, 0.25) is 0 Å². The summed E-state index contributed by atoms with van der Waals surface area (Å²) in [5.41, 5.74) is 2.83. The molecule has 1 heterocycles. The molecule has 0 fully saturated rings. The van der Waals surface area contributed by atoms with Crippen molar-refractivity contribution >= 4 is 0 Å². The fraction of sp³-hybridized carbons (Fsp3) is 0.207. The summed E-state index contributed by atoms with van der Waals surface area (Å²) in [6.45, 7) is 1.18. The van der Waals surface area contributed by atoms with Crippen molar-refractivity contribution in [3.8, 4) is 11.5 Å². The lowest BCUT2D eigenvalue weighted by Gasteiger charge is -2.10. The van der Waals surface area contributed by atoms with E-state index >= 15 is 0 Å². The number of rotatable bonds is 11. The van der Waals surface area contributed by atoms with Crippen LogP contribution in [0.1, 0.15) is 22.3 Å². The molecule has 7 heteroatoms. The van der Waals surface area contributed by atoms with E-state index in [2.05, 4.69) is 0 Å². The number of aryl methyl sites for hydroxylation is 2. The van der Waals surface area contributed by atoms with Gasteiger partial charge in [-0.2, -0.15) is 0 Å². The maximum absolute atomic E-state index is 14.6. The highest BCUT2D eigenvalue weighted by atomic mass is 19.1. The van der Waals surface area contributed by atoms with Crippen LogP contribution in [0.3, 0.4) is 0 Å². The molecule has 0 bridgehead atoms. The number of hydrogen-bond acceptors (Lipinski definition) is 4. The SMILES string of the molecule is COc1ccc(COCc2ccc(CCn3ccc(OCc4ccc(F)cc4)cc3=O)cc2F)cc1. The second kappa shape index (κ2) is 12.1. The van der Waals surface area contributed by atoms with Crippen molar-refractivity contribution in [1.82, 2.24) is 4.57 Å². The number of halogens is 2. The van der Waals surface area contributed by atoms with E-state index in [-0.39, 0.29) is 30.4 Å². The van der Waals surface area contributed by atoms with Crippen molar-refractivity contribution in [2.45, 2.75) is 32.8 Å². The third-order valence-electron chi connectivity index (χ3n) is 5.73. The predicted molar refractivity (Wildman–Crippen MR) is 133 cm³/mol. The Labute approximate surface area is 208 Å². The van der Waals surface area contributed by atoms with Crippen molar-refractivity contribution in [3.05, 3.63) is 129 Å². The Morgan fingerprint density at radius 1 is 0.750 bits per heavy atom. The van der Waals surface area contributed by atoms with Gasteiger partial charge in [0.2, 0.25) is 0 Å². The Bertz CT molecular complexity index is 1330. The first kappa shape index (κ1) is 25.1. The van der Waals surface area contributed by atoms with Crippen LogP contribution < -0.4 is 15.0 Å². The second-order valence-corrected chi connectivity index (χ2v) is 8.33. The van der Waals surface area contributed by atoms with Crippen LogP contribution in [0, 0.1) is 11.6 Å². The first-order valence-electron chi connectivity index (χ1n) is 11.6. The van der Waals surface area contributed by atoms with E-state index < -0.39 is 0 Å². The van der Waals surface area contributed by atoms with E-state index in [1.165, 1.54) is 24.3 Å². The molecule has 0 amide bonds. The van der Waals surface area contributed by atoms with Gasteiger partial charge >= 0.3 is 0 Å². The van der Waals surface area contributed by atoms with Crippen LogP contribution in [0.15, 0.2) is 89.9 Å². The van der Waals surface area contributed by atoms with Crippen LogP contribution in [-0.4, -0.2) is 11.7 Å². The summed E-state index contributed by atoms with van der Waals surface area (Å²) in [5, 5.41) is 0. The van der Waals surface area contributed by atoms with Crippen LogP contribution in [0.25, 0.3) is 0 Å². The van der Waals surface area contributed by atoms with Gasteiger partial charge in [-0.1, -0.05) is 36.4 Å². The Morgan fingerprint density at radius 3 is 2.14 bits per heavy atom. The molecule has 0 unspecified atom stereocenters. The summed E-state index contributed by atoms with van der Waals surface area (Å²) >= 11 is 0. The van der Waals surface area contributed by atoms with E-state index in [4.69, 9.17) is 14.2 Å². The monoisotopic (exact) mass is 491 g/mol. The largest absolute Gasteiger partial charge is 0.497 e. The summed E-state index contributed by atoms with van der Waals surface area (Å²) in [5.74, 6) is 0.562. The van der Waals surface area contributed by atoms with Crippen LogP contribution >= 0.6 is 0 Å². The molecule has 4 aromatic rings. The first-order chi connectivity index (χ1) is 17.5. The molecule has 1 aromatic heterocycles. The average Bonchev–Trinajstić information content (AvgIpc) is 2.89. The zero-order valence-electron chi connectivity index (χ0n) is 20.0. The molecule has 0 radical (unpaired) electrons. The molecule has 36 heavy (non-hydrogen) atoms. The predicted octanol–water partition coefficient (Wildman–Crippen LogP) is 5.67. The fourth-order valence-corrected chi connectivity index (χ4v) is 3.62. The number of pyridine rings is 1. The van der Waals surface area contributed by atoms with Gasteiger partial charge in [-0.15, -0.1) is 0 Å². The molecule has 0 aliphatic rings. The van der Waals surface area contributed by atoms with Crippen LogP contribution in [0.4, 0.5) is 8.78 Å². The van der Waals surface area contributed by atoms with Crippen molar-refractivity contribution in [3.63, 3.8) is 0 Å². The van der Waals surface area contributed by atoms with Gasteiger partial charge in [0.05, 0.1) is 20.3 Å². The van der Waals surface area contributed by atoms with Crippen molar-refractivity contribution < 1.29 is 23.0 Å². The van der Waals surface area contributed by atoms with Gasteiger partial charge in [-0.3, -0.25) is 4.79 Å². The van der Waals surface area contributed by atoms with E-state index in [1.54, 1.807) is 42.1 Å². The molecular weight excluding hydrogens is 464 g/mol. The number of benzene rings is 3.